The first-order chi connectivity index (χ1) is 11.6. The molecule has 0 amide bonds. The molecule has 0 aromatic carbocycles. The van der Waals surface area contributed by atoms with Crippen molar-refractivity contribution in [2.45, 2.75) is 40.4 Å². The number of methoxy groups -OCH3 is 1. The van der Waals surface area contributed by atoms with Crippen molar-refractivity contribution in [3.63, 3.8) is 0 Å². The van der Waals surface area contributed by atoms with E-state index in [-0.39, 0.29) is 0 Å². The Morgan fingerprint density at radius 1 is 1.29 bits per heavy atom. The van der Waals surface area contributed by atoms with Crippen LogP contribution in [0.3, 0.4) is 0 Å². The average molecular weight is 331 g/mol. The third kappa shape index (κ3) is 4.33. The van der Waals surface area contributed by atoms with Crippen molar-refractivity contribution in [3.8, 4) is 0 Å². The zero-order valence-corrected chi connectivity index (χ0v) is 15.5. The van der Waals surface area contributed by atoms with Crippen molar-refractivity contribution in [1.29, 1.82) is 0 Å². The zero-order chi connectivity index (χ0) is 17.5. The van der Waals surface area contributed by atoms with Gasteiger partial charge in [-0.3, -0.25) is 9.58 Å². The third-order valence-electron chi connectivity index (χ3n) is 4.35. The zero-order valence-electron chi connectivity index (χ0n) is 15.5. The van der Waals surface area contributed by atoms with Gasteiger partial charge in [-0.25, -0.2) is 4.98 Å². The van der Waals surface area contributed by atoms with E-state index in [4.69, 9.17) is 4.74 Å². The van der Waals surface area contributed by atoms with Crippen LogP contribution in [0.2, 0.25) is 0 Å². The Morgan fingerprint density at radius 3 is 2.71 bits per heavy atom. The monoisotopic (exact) mass is 331 g/mol. The summed E-state index contributed by atoms with van der Waals surface area (Å²) in [5.41, 5.74) is 4.85. The maximum Gasteiger partial charge on any atom is 0.130 e. The van der Waals surface area contributed by atoms with Crippen LogP contribution in [-0.4, -0.2) is 47.0 Å². The Hall–Kier alpha value is -1.92. The van der Waals surface area contributed by atoms with E-state index >= 15 is 0 Å². The Kier molecular flexibility index (Phi) is 6.75. The molecule has 0 spiro atoms. The Labute approximate surface area is 144 Å². The molecular weight excluding hydrogens is 302 g/mol. The van der Waals surface area contributed by atoms with Gasteiger partial charge in [0.25, 0.3) is 0 Å². The third-order valence-corrected chi connectivity index (χ3v) is 4.35. The van der Waals surface area contributed by atoms with Gasteiger partial charge in [0.05, 0.1) is 12.3 Å². The summed E-state index contributed by atoms with van der Waals surface area (Å²) in [6, 6.07) is 4.10. The van der Waals surface area contributed by atoms with Gasteiger partial charge in [-0.05, 0) is 26.8 Å². The molecule has 0 atom stereocenters. The lowest BCUT2D eigenvalue weighted by Gasteiger charge is -2.23. The maximum absolute atomic E-state index is 5.30. The number of nitrogens with one attached hydrogen (secondary N) is 1. The van der Waals surface area contributed by atoms with Crippen molar-refractivity contribution < 1.29 is 4.74 Å². The molecule has 0 aliphatic heterocycles. The van der Waals surface area contributed by atoms with Gasteiger partial charge in [-0.1, -0.05) is 6.07 Å². The highest BCUT2D eigenvalue weighted by molar-refractivity contribution is 5.42. The van der Waals surface area contributed by atoms with E-state index in [1.807, 2.05) is 19.3 Å². The Balaban J connectivity index is 2.21. The first-order valence-electron chi connectivity index (χ1n) is 8.46. The largest absolute Gasteiger partial charge is 0.383 e. The van der Waals surface area contributed by atoms with Gasteiger partial charge in [0, 0.05) is 63.4 Å². The number of rotatable bonds is 9. The number of anilines is 1. The summed E-state index contributed by atoms with van der Waals surface area (Å²) >= 11 is 0. The highest BCUT2D eigenvalue weighted by Gasteiger charge is 2.16. The maximum atomic E-state index is 5.30. The van der Waals surface area contributed by atoms with Crippen LogP contribution in [-0.2, 0) is 24.4 Å². The second-order valence-electron chi connectivity index (χ2n) is 5.93. The van der Waals surface area contributed by atoms with Gasteiger partial charge in [0.2, 0.25) is 0 Å². The highest BCUT2D eigenvalue weighted by Crippen LogP contribution is 2.19. The average Bonchev–Trinajstić information content (AvgIpc) is 2.87. The van der Waals surface area contributed by atoms with Gasteiger partial charge in [-0.2, -0.15) is 5.10 Å². The van der Waals surface area contributed by atoms with E-state index in [1.165, 1.54) is 16.8 Å². The number of aryl methyl sites for hydroxylation is 2. The van der Waals surface area contributed by atoms with Gasteiger partial charge in [-0.15, -0.1) is 0 Å². The van der Waals surface area contributed by atoms with Crippen molar-refractivity contribution >= 4 is 5.82 Å². The molecule has 0 aliphatic carbocycles. The first-order valence-corrected chi connectivity index (χ1v) is 8.46. The number of nitrogens with zero attached hydrogens (tertiary/aromatic N) is 4. The van der Waals surface area contributed by atoms with E-state index in [0.717, 1.165) is 37.7 Å². The molecule has 2 aromatic heterocycles. The van der Waals surface area contributed by atoms with Crippen LogP contribution in [0.1, 0.15) is 29.4 Å². The molecule has 0 saturated carbocycles. The van der Waals surface area contributed by atoms with Crippen LogP contribution < -0.4 is 5.32 Å². The fraction of sp³-hybridized carbons (Fsp3) is 0.556. The van der Waals surface area contributed by atoms with E-state index < -0.39 is 0 Å². The predicted octanol–water partition coefficient (Wildman–Crippen LogP) is 2.61. The van der Waals surface area contributed by atoms with Crippen LogP contribution in [0.25, 0.3) is 0 Å². The molecule has 6 nitrogen and oxygen atoms in total. The molecule has 2 rings (SSSR count). The Bertz CT molecular complexity index is 653. The molecule has 2 aromatic rings. The van der Waals surface area contributed by atoms with Crippen LogP contribution in [0, 0.1) is 13.8 Å². The normalized spacial score (nSPS) is 11.2. The number of ether oxygens (including phenoxy) is 1. The molecule has 0 saturated heterocycles. The standard InChI is InChI=1S/C18H29N5O/c1-6-23-15(3)17(14(2)21-23)13-22(10-11-24-5)12-16-8-7-9-20-18(16)19-4/h7-9H,6,10-13H2,1-5H3,(H,19,20). The summed E-state index contributed by atoms with van der Waals surface area (Å²) < 4.78 is 7.37. The lowest BCUT2D eigenvalue weighted by molar-refractivity contribution is 0.140. The summed E-state index contributed by atoms with van der Waals surface area (Å²) in [5.74, 6) is 0.928. The van der Waals surface area contributed by atoms with Crippen LogP contribution in [0.4, 0.5) is 5.82 Å². The van der Waals surface area contributed by atoms with Gasteiger partial charge in [0.1, 0.15) is 5.82 Å². The lowest BCUT2D eigenvalue weighted by Crippen LogP contribution is -2.27. The fourth-order valence-corrected chi connectivity index (χ4v) is 2.96. The molecule has 2 heterocycles. The van der Waals surface area contributed by atoms with Crippen LogP contribution in [0.15, 0.2) is 18.3 Å². The van der Waals surface area contributed by atoms with Gasteiger partial charge in [0.15, 0.2) is 0 Å². The summed E-state index contributed by atoms with van der Waals surface area (Å²) in [4.78, 5) is 6.79. The Morgan fingerprint density at radius 2 is 2.08 bits per heavy atom. The minimum absolute atomic E-state index is 0.704. The summed E-state index contributed by atoms with van der Waals surface area (Å²) in [6.45, 7) is 10.5. The molecule has 0 bridgehead atoms. The van der Waals surface area contributed by atoms with Crippen molar-refractivity contribution in [2.24, 2.45) is 0 Å². The van der Waals surface area contributed by atoms with Crippen molar-refractivity contribution in [2.75, 3.05) is 32.6 Å². The van der Waals surface area contributed by atoms with Gasteiger partial charge >= 0.3 is 0 Å². The number of hydrogen-bond acceptors (Lipinski definition) is 5. The summed E-state index contributed by atoms with van der Waals surface area (Å²) in [7, 11) is 3.65. The molecular formula is C18H29N5O. The summed E-state index contributed by atoms with van der Waals surface area (Å²) in [6.07, 6.45) is 1.81. The molecule has 0 aliphatic rings. The van der Waals surface area contributed by atoms with Gasteiger partial charge < -0.3 is 10.1 Å². The minimum atomic E-state index is 0.704. The number of aromatic nitrogens is 3. The first kappa shape index (κ1) is 18.4. The SMILES string of the molecule is CCn1nc(C)c(CN(CCOC)Cc2cccnc2NC)c1C. The minimum Gasteiger partial charge on any atom is -0.383 e. The smallest absolute Gasteiger partial charge is 0.130 e. The molecule has 1 N–H and O–H groups in total. The molecule has 0 fully saturated rings. The van der Waals surface area contributed by atoms with E-state index in [9.17, 15) is 0 Å². The quantitative estimate of drug-likeness (QED) is 0.765. The topological polar surface area (TPSA) is 55.2 Å². The second-order valence-corrected chi connectivity index (χ2v) is 5.93. The number of pyridine rings is 1. The van der Waals surface area contributed by atoms with Crippen molar-refractivity contribution in [1.82, 2.24) is 19.7 Å². The molecule has 6 heteroatoms. The number of hydrogen-bond donors (Lipinski definition) is 1. The van der Waals surface area contributed by atoms with Crippen LogP contribution >= 0.6 is 0 Å². The van der Waals surface area contributed by atoms with Crippen LogP contribution in [0.5, 0.6) is 0 Å². The van der Waals surface area contributed by atoms with E-state index in [0.29, 0.717) is 6.61 Å². The highest BCUT2D eigenvalue weighted by atomic mass is 16.5. The van der Waals surface area contributed by atoms with Crippen molar-refractivity contribution in [3.05, 3.63) is 40.8 Å². The predicted molar refractivity (Wildman–Crippen MR) is 97.1 cm³/mol. The molecule has 24 heavy (non-hydrogen) atoms. The molecule has 0 radical (unpaired) electrons. The molecule has 132 valence electrons. The fourth-order valence-electron chi connectivity index (χ4n) is 2.96. The van der Waals surface area contributed by atoms with E-state index in [1.54, 1.807) is 7.11 Å². The molecule has 0 unspecified atom stereocenters. The lowest BCUT2D eigenvalue weighted by atomic mass is 10.1. The van der Waals surface area contributed by atoms with E-state index in [2.05, 4.69) is 51.8 Å². The summed E-state index contributed by atoms with van der Waals surface area (Å²) in [5, 5.41) is 7.81. The second kappa shape index (κ2) is 8.80.